The molecular formula is C11H9F3O2. The molecule has 0 spiro atoms. The first-order valence-electron chi connectivity index (χ1n) is 4.38. The van der Waals surface area contributed by atoms with Crippen LogP contribution in [0.2, 0.25) is 0 Å². The molecule has 0 bridgehead atoms. The van der Waals surface area contributed by atoms with Crippen molar-refractivity contribution in [1.29, 1.82) is 0 Å². The molecule has 0 saturated carbocycles. The zero-order valence-electron chi connectivity index (χ0n) is 8.16. The molecule has 1 atom stereocenters. The number of alkyl halides is 3. The molecule has 0 heterocycles. The molecule has 0 aliphatic carbocycles. The predicted octanol–water partition coefficient (Wildman–Crippen LogP) is 2.08. The van der Waals surface area contributed by atoms with Crippen LogP contribution in [-0.4, -0.2) is 17.8 Å². The summed E-state index contributed by atoms with van der Waals surface area (Å²) in [5.41, 5.74) is -0.890. The van der Waals surface area contributed by atoms with Crippen molar-refractivity contribution in [2.24, 2.45) is 0 Å². The van der Waals surface area contributed by atoms with E-state index in [-0.39, 0.29) is 12.4 Å². The summed E-state index contributed by atoms with van der Waals surface area (Å²) < 4.78 is 42.2. The second kappa shape index (κ2) is 4.90. The summed E-state index contributed by atoms with van der Waals surface area (Å²) in [4.78, 5) is 0. The van der Waals surface area contributed by atoms with Gasteiger partial charge in [-0.05, 0) is 12.1 Å². The van der Waals surface area contributed by atoms with Crippen molar-refractivity contribution in [2.75, 3.05) is 6.61 Å². The van der Waals surface area contributed by atoms with Crippen LogP contribution in [-0.2, 0) is 6.18 Å². The van der Waals surface area contributed by atoms with Crippen molar-refractivity contribution < 1.29 is 23.0 Å². The minimum absolute atomic E-state index is 0.343. The molecule has 0 aliphatic rings. The minimum Gasteiger partial charge on any atom is -0.489 e. The standard InChI is InChI=1S/C11H9F3O2/c1-2-8(15)7-16-10-6-4-3-5-9(10)11(12,13)14/h1,3-6,8,15H,7H2/t8-/m0/s1. The molecule has 0 aliphatic heterocycles. The number of hydrogen-bond donors (Lipinski definition) is 1. The predicted molar refractivity (Wildman–Crippen MR) is 51.8 cm³/mol. The highest BCUT2D eigenvalue weighted by Crippen LogP contribution is 2.35. The van der Waals surface area contributed by atoms with E-state index in [1.807, 2.05) is 5.92 Å². The largest absolute Gasteiger partial charge is 0.489 e. The molecule has 0 aromatic heterocycles. The summed E-state index contributed by atoms with van der Waals surface area (Å²) in [7, 11) is 0. The van der Waals surface area contributed by atoms with Gasteiger partial charge in [0.15, 0.2) is 0 Å². The van der Waals surface area contributed by atoms with E-state index >= 15 is 0 Å². The second-order valence-corrected chi connectivity index (χ2v) is 2.99. The third-order valence-electron chi connectivity index (χ3n) is 1.78. The lowest BCUT2D eigenvalue weighted by Crippen LogP contribution is -2.17. The fourth-order valence-corrected chi connectivity index (χ4v) is 1.04. The van der Waals surface area contributed by atoms with Crippen LogP contribution in [0.4, 0.5) is 13.2 Å². The van der Waals surface area contributed by atoms with E-state index in [1.54, 1.807) is 0 Å². The number of terminal acetylenes is 1. The van der Waals surface area contributed by atoms with Crippen molar-refractivity contribution in [3.8, 4) is 18.1 Å². The monoisotopic (exact) mass is 230 g/mol. The highest BCUT2D eigenvalue weighted by atomic mass is 19.4. The molecule has 0 saturated heterocycles. The van der Waals surface area contributed by atoms with Crippen LogP contribution in [0.1, 0.15) is 5.56 Å². The molecule has 0 radical (unpaired) electrons. The molecule has 0 amide bonds. The van der Waals surface area contributed by atoms with E-state index in [4.69, 9.17) is 16.3 Å². The van der Waals surface area contributed by atoms with Gasteiger partial charge in [-0.3, -0.25) is 0 Å². The molecule has 5 heteroatoms. The van der Waals surface area contributed by atoms with Gasteiger partial charge in [0, 0.05) is 0 Å². The van der Waals surface area contributed by atoms with Crippen LogP contribution in [0.3, 0.4) is 0 Å². The van der Waals surface area contributed by atoms with E-state index < -0.39 is 17.8 Å². The Labute approximate surface area is 90.7 Å². The molecule has 2 nitrogen and oxygen atoms in total. The van der Waals surface area contributed by atoms with Crippen LogP contribution in [0.5, 0.6) is 5.75 Å². The van der Waals surface area contributed by atoms with Crippen molar-refractivity contribution in [1.82, 2.24) is 0 Å². The van der Waals surface area contributed by atoms with Gasteiger partial charge < -0.3 is 9.84 Å². The Morgan fingerprint density at radius 1 is 1.38 bits per heavy atom. The van der Waals surface area contributed by atoms with Gasteiger partial charge in [-0.25, -0.2) is 0 Å². The number of hydrogen-bond acceptors (Lipinski definition) is 2. The molecular weight excluding hydrogens is 221 g/mol. The summed E-state index contributed by atoms with van der Waals surface area (Å²) in [5, 5.41) is 8.97. The zero-order valence-corrected chi connectivity index (χ0v) is 8.16. The fourth-order valence-electron chi connectivity index (χ4n) is 1.04. The smallest absolute Gasteiger partial charge is 0.419 e. The van der Waals surface area contributed by atoms with Crippen LogP contribution in [0, 0.1) is 12.3 Å². The van der Waals surface area contributed by atoms with Crippen LogP contribution < -0.4 is 4.74 Å². The maximum Gasteiger partial charge on any atom is 0.419 e. The second-order valence-electron chi connectivity index (χ2n) is 2.99. The Morgan fingerprint density at radius 2 is 2.00 bits per heavy atom. The molecule has 0 unspecified atom stereocenters. The molecule has 16 heavy (non-hydrogen) atoms. The SMILES string of the molecule is C#C[C@H](O)COc1ccccc1C(F)(F)F. The molecule has 1 aromatic carbocycles. The van der Waals surface area contributed by atoms with Crippen LogP contribution >= 0.6 is 0 Å². The first kappa shape index (κ1) is 12.4. The highest BCUT2D eigenvalue weighted by Gasteiger charge is 2.34. The lowest BCUT2D eigenvalue weighted by molar-refractivity contribution is -0.139. The fraction of sp³-hybridized carbons (Fsp3) is 0.273. The quantitative estimate of drug-likeness (QED) is 0.805. The van der Waals surface area contributed by atoms with E-state index in [0.717, 1.165) is 6.07 Å². The molecule has 0 fully saturated rings. The Bertz CT molecular complexity index is 393. The van der Waals surface area contributed by atoms with Gasteiger partial charge in [0.1, 0.15) is 18.5 Å². The van der Waals surface area contributed by atoms with Gasteiger partial charge in [-0.1, -0.05) is 18.1 Å². The lowest BCUT2D eigenvalue weighted by atomic mass is 10.2. The van der Waals surface area contributed by atoms with Gasteiger partial charge in [-0.2, -0.15) is 13.2 Å². The van der Waals surface area contributed by atoms with Crippen molar-refractivity contribution >= 4 is 0 Å². The number of aliphatic hydroxyl groups excluding tert-OH is 1. The minimum atomic E-state index is -4.49. The summed E-state index contributed by atoms with van der Waals surface area (Å²) in [5.74, 6) is 1.60. The van der Waals surface area contributed by atoms with Crippen molar-refractivity contribution in [3.05, 3.63) is 29.8 Å². The van der Waals surface area contributed by atoms with Gasteiger partial charge in [0.2, 0.25) is 0 Å². The third kappa shape index (κ3) is 3.17. The van der Waals surface area contributed by atoms with Crippen LogP contribution in [0.15, 0.2) is 24.3 Å². The molecule has 1 rings (SSSR count). The number of benzene rings is 1. The summed E-state index contributed by atoms with van der Waals surface area (Å²) in [6, 6.07) is 4.74. The summed E-state index contributed by atoms with van der Waals surface area (Å²) in [6.07, 6.45) is -0.852. The number of aliphatic hydroxyl groups is 1. The maximum atomic E-state index is 12.5. The highest BCUT2D eigenvalue weighted by molar-refractivity contribution is 5.35. The van der Waals surface area contributed by atoms with Gasteiger partial charge in [-0.15, -0.1) is 6.42 Å². The number of halogens is 3. The van der Waals surface area contributed by atoms with Gasteiger partial charge in [0.05, 0.1) is 5.56 Å². The first-order valence-corrected chi connectivity index (χ1v) is 4.38. The van der Waals surface area contributed by atoms with E-state index in [1.165, 1.54) is 18.2 Å². The zero-order chi connectivity index (χ0) is 12.2. The molecule has 86 valence electrons. The van der Waals surface area contributed by atoms with Crippen molar-refractivity contribution in [2.45, 2.75) is 12.3 Å². The Kier molecular flexibility index (Phi) is 3.80. The molecule has 1 N–H and O–H groups in total. The maximum absolute atomic E-state index is 12.5. The normalized spacial score (nSPS) is 12.9. The Morgan fingerprint density at radius 3 is 2.56 bits per heavy atom. The Balaban J connectivity index is 2.85. The first-order chi connectivity index (χ1) is 7.45. The van der Waals surface area contributed by atoms with E-state index in [2.05, 4.69) is 0 Å². The third-order valence-corrected chi connectivity index (χ3v) is 1.78. The summed E-state index contributed by atoms with van der Waals surface area (Å²) >= 11 is 0. The molecule has 1 aromatic rings. The average molecular weight is 230 g/mol. The van der Waals surface area contributed by atoms with Gasteiger partial charge >= 0.3 is 6.18 Å². The van der Waals surface area contributed by atoms with E-state index in [9.17, 15) is 13.2 Å². The van der Waals surface area contributed by atoms with Gasteiger partial charge in [0.25, 0.3) is 0 Å². The number of para-hydroxylation sites is 1. The van der Waals surface area contributed by atoms with Crippen molar-refractivity contribution in [3.63, 3.8) is 0 Å². The lowest BCUT2D eigenvalue weighted by Gasteiger charge is -2.14. The van der Waals surface area contributed by atoms with E-state index in [0.29, 0.717) is 0 Å². The Hall–Kier alpha value is -1.67. The van der Waals surface area contributed by atoms with Crippen LogP contribution in [0.25, 0.3) is 0 Å². The number of rotatable bonds is 3. The average Bonchev–Trinajstić information content (AvgIpc) is 2.25. The summed E-state index contributed by atoms with van der Waals surface area (Å²) in [6.45, 7) is -0.371. The number of ether oxygens (including phenoxy) is 1. The topological polar surface area (TPSA) is 29.5 Å².